The van der Waals surface area contributed by atoms with Gasteiger partial charge in [-0.2, -0.15) is 0 Å². The number of carbonyl (C=O) groups is 3. The number of amides is 1. The summed E-state index contributed by atoms with van der Waals surface area (Å²) < 4.78 is 65.1. The number of aryl methyl sites for hydroxylation is 1. The molecule has 3 heterocycles. The number of aliphatic carboxylic acids is 1. The third-order valence-electron chi connectivity index (χ3n) is 4.93. The number of allylic oxidation sites excluding steroid dienone is 4. The Kier molecular flexibility index (Phi) is 19.7. The Hall–Kier alpha value is 2.84. The summed E-state index contributed by atoms with van der Waals surface area (Å²) >= 11 is 0. The maximum Gasteiger partial charge on any atom is 1.00 e. The van der Waals surface area contributed by atoms with Crippen molar-refractivity contribution < 1.29 is 261 Å². The van der Waals surface area contributed by atoms with Crippen molar-refractivity contribution in [2.45, 2.75) is 11.9 Å². The van der Waals surface area contributed by atoms with Crippen LogP contribution in [0.5, 0.6) is 0 Å². The number of quaternary nitrogens is 1. The predicted molar refractivity (Wildman–Crippen MR) is 106 cm³/mol. The molecule has 1 fully saturated rings. The molecule has 22 heteroatoms. The molecule has 1 N–H and O–H groups in total. The van der Waals surface area contributed by atoms with E-state index in [9.17, 15) is 55.3 Å². The third-order valence-corrected chi connectivity index (χ3v) is 6.78. The molecule has 0 bridgehead atoms. The van der Waals surface area contributed by atoms with Crippen LogP contribution in [0.25, 0.3) is 6.08 Å². The van der Waals surface area contributed by atoms with Gasteiger partial charge in [-0.05, 0) is 12.2 Å². The molecule has 3 rings (SSSR count). The van der Waals surface area contributed by atoms with Crippen LogP contribution in [0.1, 0.15) is 16.1 Å². The predicted octanol–water partition coefficient (Wildman–Crippen LogP) is -17.1. The van der Waals surface area contributed by atoms with Gasteiger partial charge in [0.2, 0.25) is 0 Å². The van der Waals surface area contributed by atoms with Crippen LogP contribution >= 0.6 is 0 Å². The molecule has 16 nitrogen and oxygen atoms in total. The van der Waals surface area contributed by atoms with Crippen molar-refractivity contribution >= 4 is 49.9 Å². The van der Waals surface area contributed by atoms with Gasteiger partial charge in [0.05, 0.1) is 45.6 Å². The van der Waals surface area contributed by atoms with Crippen LogP contribution in [0.2, 0.25) is 0 Å². The molecule has 1 saturated heterocycles. The van der Waals surface area contributed by atoms with E-state index in [-0.39, 0.29) is 206 Å². The minimum absolute atomic E-state index is 0. The van der Waals surface area contributed by atoms with Gasteiger partial charge in [-0.3, -0.25) is 14.6 Å². The van der Waals surface area contributed by atoms with Crippen LogP contribution in [0, 0.1) is 0 Å². The number of H-pyrrole nitrogens is 1. The summed E-state index contributed by atoms with van der Waals surface area (Å²) in [5, 5.41) is 26.4. The minimum Gasteiger partial charge on any atom is -0.748 e. The molecule has 0 aromatic carbocycles. The average molecular weight is 686 g/mol. The Morgan fingerprint density at radius 2 is 1.59 bits per heavy atom. The largest absolute Gasteiger partial charge is 1.00 e. The van der Waals surface area contributed by atoms with E-state index < -0.39 is 95.0 Å². The van der Waals surface area contributed by atoms with Crippen LogP contribution in [-0.2, 0) is 36.4 Å². The van der Waals surface area contributed by atoms with E-state index in [4.69, 9.17) is 0 Å². The fourth-order valence-corrected chi connectivity index (χ4v) is 4.63. The van der Waals surface area contributed by atoms with Gasteiger partial charge in [0.15, 0.2) is 22.4 Å². The van der Waals surface area contributed by atoms with Crippen LogP contribution in [0.3, 0.4) is 0 Å². The zero-order valence-corrected chi connectivity index (χ0v) is 35.3. The van der Waals surface area contributed by atoms with Gasteiger partial charge in [0.25, 0.3) is 10.9 Å². The summed E-state index contributed by atoms with van der Waals surface area (Å²) in [6, 6.07) is 0. The Morgan fingerprint density at radius 1 is 1.00 bits per heavy atom. The van der Waals surface area contributed by atoms with Crippen molar-refractivity contribution in [3.8, 4) is 0 Å². The molecule has 1 spiro atoms. The molecule has 1 amide bonds. The number of aromatic nitrogens is 2. The van der Waals surface area contributed by atoms with E-state index in [0.29, 0.717) is 4.68 Å². The zero-order valence-electron chi connectivity index (χ0n) is 21.1. The van der Waals surface area contributed by atoms with E-state index in [2.05, 4.69) is 10.2 Å². The quantitative estimate of drug-likeness (QED) is 0.0634. The minimum atomic E-state index is -4.93. The summed E-state index contributed by atoms with van der Waals surface area (Å²) in [7, 11) is -9.62. The molecule has 39 heavy (non-hydrogen) atoms. The van der Waals surface area contributed by atoms with Crippen molar-refractivity contribution in [2.24, 2.45) is 5.10 Å². The fraction of sp³-hybridized carbons (Fsp3) is 0.235. The SMILES string of the molecule is O=C([O-])C1=N[N+]2(CC2S(=O)(=O)[O-])C(=O)/C1=C\C=CC=Cc1c(C(=O)[O-])[nH]n(CCS(=O)(=O)[O-])c1=O.[K+].[K+].[K+].[K+]. The van der Waals surface area contributed by atoms with E-state index in [1.165, 1.54) is 0 Å². The van der Waals surface area contributed by atoms with Crippen molar-refractivity contribution in [2.75, 3.05) is 12.3 Å². The molecular formula is C17H13K4N4O12S2+. The van der Waals surface area contributed by atoms with Crippen LogP contribution in [0.15, 0.2) is 39.8 Å². The standard InChI is InChI=1S/C17H16N4O12S2.4K/c22-14-9(12(16(24)25)18-20(14)6-7-34(28,29)30)4-2-1-3-5-10-13(17(26)27)19-21(15(10)23)8-11(21)35(31,32)33;;;;/h1-5,11H,6-8H2,(H4-,18,19,22,23,24,25,26,27,28,29,30,31,32,33);;;;/q;4*+1/p-3. The number of aromatic amines is 1. The number of hydrogen-bond acceptors (Lipinski definition) is 13. The first-order valence-electron chi connectivity index (χ1n) is 9.30. The average Bonchev–Trinajstić information content (AvgIpc) is 3.30. The third kappa shape index (κ3) is 11.0. The van der Waals surface area contributed by atoms with Crippen LogP contribution < -0.4 is 221 Å². The second-order valence-electron chi connectivity index (χ2n) is 7.23. The maximum absolute atomic E-state index is 12.5. The topological polar surface area (TPSA) is 262 Å². The zero-order chi connectivity index (χ0) is 26.3. The van der Waals surface area contributed by atoms with Crippen molar-refractivity contribution in [1.82, 2.24) is 9.78 Å². The van der Waals surface area contributed by atoms with Crippen molar-refractivity contribution in [3.63, 3.8) is 0 Å². The maximum atomic E-state index is 12.5. The van der Waals surface area contributed by atoms with Gasteiger partial charge in [0.1, 0.15) is 5.57 Å². The van der Waals surface area contributed by atoms with Crippen LogP contribution in [0.4, 0.5) is 0 Å². The van der Waals surface area contributed by atoms with Gasteiger partial charge in [0, 0.05) is 0 Å². The molecule has 0 radical (unpaired) electrons. The van der Waals surface area contributed by atoms with E-state index in [0.717, 1.165) is 30.4 Å². The number of nitrogens with zero attached hydrogens (tertiary/aromatic N) is 3. The van der Waals surface area contributed by atoms with E-state index >= 15 is 0 Å². The second kappa shape index (κ2) is 17.5. The Balaban J connectivity index is 0. The monoisotopic (exact) mass is 685 g/mol. The summed E-state index contributed by atoms with van der Waals surface area (Å²) in [5.74, 6) is -5.73. The van der Waals surface area contributed by atoms with E-state index in [1.54, 1.807) is 0 Å². The Bertz CT molecular complexity index is 1540. The number of rotatable bonds is 9. The van der Waals surface area contributed by atoms with Gasteiger partial charge in [-0.1, -0.05) is 23.3 Å². The molecule has 2 aliphatic rings. The normalized spacial score (nSPS) is 21.2. The molecule has 1 aromatic rings. The Labute approximate surface area is 391 Å². The smallest absolute Gasteiger partial charge is 0.748 e. The van der Waals surface area contributed by atoms with Gasteiger partial charge in [-0.25, -0.2) is 21.6 Å². The number of carboxylic acid groups (broad SMARTS) is 2. The molecule has 188 valence electrons. The van der Waals surface area contributed by atoms with Crippen molar-refractivity contribution in [1.29, 1.82) is 0 Å². The molecule has 1 aromatic heterocycles. The summed E-state index contributed by atoms with van der Waals surface area (Å²) in [5.41, 5.74) is -3.56. The molecule has 2 atom stereocenters. The van der Waals surface area contributed by atoms with Gasteiger partial charge >= 0.3 is 211 Å². The first kappa shape index (κ1) is 44.0. The number of nitrogens with one attached hydrogen (secondary N) is 1. The van der Waals surface area contributed by atoms with Crippen molar-refractivity contribution in [3.05, 3.63) is 51.5 Å². The molecule has 2 aliphatic heterocycles. The molecule has 0 saturated carbocycles. The number of carboxylic acids is 2. The number of aromatic carboxylic acids is 1. The first-order valence-corrected chi connectivity index (χ1v) is 12.4. The number of hydrogen-bond donors (Lipinski definition) is 1. The first-order chi connectivity index (χ1) is 16.1. The fourth-order valence-electron chi connectivity index (χ4n) is 3.24. The summed E-state index contributed by atoms with van der Waals surface area (Å²) in [6.45, 7) is -1.17. The Morgan fingerprint density at radius 3 is 2.05 bits per heavy atom. The number of carbonyl (C=O) groups excluding carboxylic acids is 3. The molecule has 2 unspecified atom stereocenters. The van der Waals surface area contributed by atoms with Gasteiger partial charge in [-0.15, -0.1) is 4.59 Å². The van der Waals surface area contributed by atoms with Gasteiger partial charge < -0.3 is 28.9 Å². The van der Waals surface area contributed by atoms with Crippen LogP contribution in [-0.4, -0.2) is 81.5 Å². The second-order valence-corrected chi connectivity index (χ2v) is 10.3. The molecule has 0 aliphatic carbocycles. The summed E-state index contributed by atoms with van der Waals surface area (Å²) in [4.78, 5) is 47.3. The summed E-state index contributed by atoms with van der Waals surface area (Å²) in [6.07, 6.45) is 5.24. The van der Waals surface area contributed by atoms with E-state index in [1.807, 2.05) is 0 Å². The molecular weight excluding hydrogens is 673 g/mol.